The maximum atomic E-state index is 8.66. The predicted octanol–water partition coefficient (Wildman–Crippen LogP) is 2.22. The number of ether oxygens (including phenoxy) is 2. The molecule has 1 aromatic carbocycles. The van der Waals surface area contributed by atoms with Crippen LogP contribution in [0.2, 0.25) is 0 Å². The Bertz CT molecular complexity index is 697. The molecular formula is C14H15N5O2S. The van der Waals surface area contributed by atoms with Gasteiger partial charge in [-0.05, 0) is 29.0 Å². The van der Waals surface area contributed by atoms with E-state index >= 15 is 0 Å². The SMILES string of the molecule is C[C@H](CCC#N)Sc1nnnn1-c1ccc2c(c1)OCCO2. The zero-order valence-corrected chi connectivity index (χ0v) is 12.9. The Hall–Kier alpha value is -2.27. The van der Waals surface area contributed by atoms with E-state index in [1.807, 2.05) is 18.2 Å². The summed E-state index contributed by atoms with van der Waals surface area (Å²) in [7, 11) is 0. The van der Waals surface area contributed by atoms with Gasteiger partial charge in [-0.15, -0.1) is 5.10 Å². The van der Waals surface area contributed by atoms with E-state index in [-0.39, 0.29) is 5.25 Å². The summed E-state index contributed by atoms with van der Waals surface area (Å²) in [5, 5.41) is 21.5. The summed E-state index contributed by atoms with van der Waals surface area (Å²) in [5.41, 5.74) is 0.823. The van der Waals surface area contributed by atoms with Gasteiger partial charge in [0, 0.05) is 17.7 Å². The first-order chi connectivity index (χ1) is 10.8. The zero-order chi connectivity index (χ0) is 15.4. The van der Waals surface area contributed by atoms with Crippen LogP contribution >= 0.6 is 11.8 Å². The highest BCUT2D eigenvalue weighted by Crippen LogP contribution is 2.33. The van der Waals surface area contributed by atoms with Crippen LogP contribution in [0.1, 0.15) is 19.8 Å². The number of hydrogen-bond acceptors (Lipinski definition) is 7. The van der Waals surface area contributed by atoms with E-state index in [1.165, 1.54) is 0 Å². The Labute approximate surface area is 132 Å². The third-order valence-corrected chi connectivity index (χ3v) is 4.28. The number of fused-ring (bicyclic) bond motifs is 1. The number of nitriles is 1. The molecule has 0 aliphatic carbocycles. The van der Waals surface area contributed by atoms with Gasteiger partial charge in [0.15, 0.2) is 11.5 Å². The van der Waals surface area contributed by atoms with E-state index in [0.717, 1.165) is 17.9 Å². The molecule has 0 spiro atoms. The van der Waals surface area contributed by atoms with E-state index in [9.17, 15) is 0 Å². The third-order valence-electron chi connectivity index (χ3n) is 3.18. The molecular weight excluding hydrogens is 302 g/mol. The molecule has 22 heavy (non-hydrogen) atoms. The van der Waals surface area contributed by atoms with Crippen LogP contribution in [-0.4, -0.2) is 38.7 Å². The molecule has 0 saturated heterocycles. The molecule has 1 aliphatic heterocycles. The first-order valence-electron chi connectivity index (χ1n) is 7.00. The smallest absolute Gasteiger partial charge is 0.214 e. The van der Waals surface area contributed by atoms with E-state index in [4.69, 9.17) is 14.7 Å². The van der Waals surface area contributed by atoms with Crippen LogP contribution in [0.3, 0.4) is 0 Å². The molecule has 0 unspecified atom stereocenters. The lowest BCUT2D eigenvalue weighted by atomic mass is 10.2. The summed E-state index contributed by atoms with van der Waals surface area (Å²) in [6, 6.07) is 7.78. The summed E-state index contributed by atoms with van der Waals surface area (Å²) in [6.07, 6.45) is 1.33. The number of hydrogen-bond donors (Lipinski definition) is 0. The number of aromatic nitrogens is 4. The second kappa shape index (κ2) is 6.66. The summed E-state index contributed by atoms with van der Waals surface area (Å²) in [5.74, 6) is 1.44. The molecule has 0 saturated carbocycles. The van der Waals surface area contributed by atoms with Crippen molar-refractivity contribution in [3.8, 4) is 23.3 Å². The molecule has 1 aromatic heterocycles. The van der Waals surface area contributed by atoms with E-state index in [0.29, 0.717) is 30.5 Å². The fourth-order valence-corrected chi connectivity index (χ4v) is 3.01. The van der Waals surface area contributed by atoms with Gasteiger partial charge in [-0.25, -0.2) is 0 Å². The van der Waals surface area contributed by atoms with E-state index in [2.05, 4.69) is 28.5 Å². The highest BCUT2D eigenvalue weighted by Gasteiger charge is 2.17. The largest absolute Gasteiger partial charge is 0.486 e. The lowest BCUT2D eigenvalue weighted by Crippen LogP contribution is -2.15. The minimum atomic E-state index is 0.265. The minimum Gasteiger partial charge on any atom is -0.486 e. The zero-order valence-electron chi connectivity index (χ0n) is 12.1. The van der Waals surface area contributed by atoms with Crippen molar-refractivity contribution < 1.29 is 9.47 Å². The van der Waals surface area contributed by atoms with Gasteiger partial charge in [0.2, 0.25) is 5.16 Å². The molecule has 2 heterocycles. The van der Waals surface area contributed by atoms with Gasteiger partial charge in [-0.1, -0.05) is 18.7 Å². The monoisotopic (exact) mass is 317 g/mol. The van der Waals surface area contributed by atoms with Gasteiger partial charge in [0.1, 0.15) is 13.2 Å². The van der Waals surface area contributed by atoms with Crippen molar-refractivity contribution in [1.82, 2.24) is 20.2 Å². The van der Waals surface area contributed by atoms with Gasteiger partial charge in [0.25, 0.3) is 0 Å². The Morgan fingerprint density at radius 2 is 2.18 bits per heavy atom. The standard InChI is InChI=1S/C14H15N5O2S/c1-10(3-2-6-15)22-14-16-17-18-19(14)11-4-5-12-13(9-11)21-8-7-20-12/h4-5,9-10H,2-3,7-8H2,1H3/t10-/m1/s1. The van der Waals surface area contributed by atoms with Crippen LogP contribution in [0.15, 0.2) is 23.4 Å². The van der Waals surface area contributed by atoms with E-state index in [1.54, 1.807) is 16.4 Å². The van der Waals surface area contributed by atoms with Crippen molar-refractivity contribution in [2.45, 2.75) is 30.2 Å². The Morgan fingerprint density at radius 3 is 3.00 bits per heavy atom. The molecule has 7 nitrogen and oxygen atoms in total. The molecule has 3 rings (SSSR count). The molecule has 8 heteroatoms. The van der Waals surface area contributed by atoms with Gasteiger partial charge >= 0.3 is 0 Å². The minimum absolute atomic E-state index is 0.265. The molecule has 2 aromatic rings. The highest BCUT2D eigenvalue weighted by atomic mass is 32.2. The first-order valence-corrected chi connectivity index (χ1v) is 7.88. The summed E-state index contributed by atoms with van der Waals surface area (Å²) in [4.78, 5) is 0. The molecule has 0 amide bonds. The fourth-order valence-electron chi connectivity index (χ4n) is 2.08. The molecule has 1 aliphatic rings. The molecule has 0 bridgehead atoms. The van der Waals surface area contributed by atoms with Crippen LogP contribution in [0, 0.1) is 11.3 Å². The first kappa shape index (κ1) is 14.7. The molecule has 114 valence electrons. The second-order valence-corrected chi connectivity index (χ2v) is 6.23. The maximum Gasteiger partial charge on any atom is 0.214 e. The average Bonchev–Trinajstić information content (AvgIpc) is 3.00. The van der Waals surface area contributed by atoms with Crippen molar-refractivity contribution in [3.63, 3.8) is 0 Å². The summed E-state index contributed by atoms with van der Waals surface area (Å²) in [6.45, 7) is 3.17. The molecule has 0 N–H and O–H groups in total. The quantitative estimate of drug-likeness (QED) is 0.781. The lowest BCUT2D eigenvalue weighted by molar-refractivity contribution is 0.171. The van der Waals surface area contributed by atoms with Gasteiger partial charge in [-0.3, -0.25) is 0 Å². The summed E-state index contributed by atoms with van der Waals surface area (Å²) < 4.78 is 12.8. The average molecular weight is 317 g/mol. The van der Waals surface area contributed by atoms with Crippen LogP contribution in [-0.2, 0) is 0 Å². The number of rotatable bonds is 5. The number of nitrogens with zero attached hydrogens (tertiary/aromatic N) is 5. The second-order valence-electron chi connectivity index (χ2n) is 4.83. The van der Waals surface area contributed by atoms with Crippen LogP contribution < -0.4 is 9.47 Å². The Balaban J connectivity index is 1.81. The van der Waals surface area contributed by atoms with Gasteiger partial charge < -0.3 is 9.47 Å². The third kappa shape index (κ3) is 3.14. The number of thioether (sulfide) groups is 1. The highest BCUT2D eigenvalue weighted by molar-refractivity contribution is 7.99. The Morgan fingerprint density at radius 1 is 1.36 bits per heavy atom. The van der Waals surface area contributed by atoms with Crippen LogP contribution in [0.4, 0.5) is 0 Å². The number of tetrazole rings is 1. The van der Waals surface area contributed by atoms with Crippen molar-refractivity contribution in [2.75, 3.05) is 13.2 Å². The van der Waals surface area contributed by atoms with Crippen LogP contribution in [0.25, 0.3) is 5.69 Å². The predicted molar refractivity (Wildman–Crippen MR) is 80.3 cm³/mol. The van der Waals surface area contributed by atoms with Gasteiger partial charge in [-0.2, -0.15) is 9.94 Å². The summed E-state index contributed by atoms with van der Waals surface area (Å²) >= 11 is 1.55. The molecule has 0 fully saturated rings. The van der Waals surface area contributed by atoms with Crippen molar-refractivity contribution in [1.29, 1.82) is 5.26 Å². The van der Waals surface area contributed by atoms with Gasteiger partial charge in [0.05, 0.1) is 11.8 Å². The normalized spacial score (nSPS) is 14.4. The lowest BCUT2D eigenvalue weighted by Gasteiger charge is -2.19. The topological polar surface area (TPSA) is 85.9 Å². The maximum absolute atomic E-state index is 8.66. The van der Waals surface area contributed by atoms with Crippen LogP contribution in [0.5, 0.6) is 11.5 Å². The number of benzene rings is 1. The molecule has 0 radical (unpaired) electrons. The Kier molecular flexibility index (Phi) is 4.44. The van der Waals surface area contributed by atoms with Crippen molar-refractivity contribution in [3.05, 3.63) is 18.2 Å². The van der Waals surface area contributed by atoms with E-state index < -0.39 is 0 Å². The van der Waals surface area contributed by atoms with Crippen molar-refractivity contribution >= 4 is 11.8 Å². The van der Waals surface area contributed by atoms with Crippen molar-refractivity contribution in [2.24, 2.45) is 0 Å². The fraction of sp³-hybridized carbons (Fsp3) is 0.429. The molecule has 1 atom stereocenters.